The van der Waals surface area contributed by atoms with Gasteiger partial charge in [0, 0.05) is 36.3 Å². The SMILES string of the molecule is CC(C)(C)N1C(=O)NC(=O)[C@@]2(Cc3cc([N+](=O)[O-])ccc3N3CCOC[C@@H]32)C1=O. The molecule has 1 aromatic rings. The highest BCUT2D eigenvalue weighted by Gasteiger charge is 2.63. The first-order chi connectivity index (χ1) is 13.6. The number of non-ortho nitro benzene ring substituents is 1. The number of benzene rings is 1. The maximum Gasteiger partial charge on any atom is 0.331 e. The third-order valence-electron chi connectivity index (χ3n) is 5.83. The van der Waals surface area contributed by atoms with Gasteiger partial charge in [-0.15, -0.1) is 0 Å². The van der Waals surface area contributed by atoms with Crippen molar-refractivity contribution >= 4 is 29.2 Å². The van der Waals surface area contributed by atoms with Crippen molar-refractivity contribution in [3.05, 3.63) is 33.9 Å². The molecule has 10 heteroatoms. The quantitative estimate of drug-likeness (QED) is 0.426. The maximum atomic E-state index is 13.7. The van der Waals surface area contributed by atoms with Gasteiger partial charge in [-0.2, -0.15) is 0 Å². The second-order valence-electron chi connectivity index (χ2n) is 8.57. The average Bonchev–Trinajstić information content (AvgIpc) is 2.64. The van der Waals surface area contributed by atoms with E-state index in [-0.39, 0.29) is 18.7 Å². The minimum Gasteiger partial charge on any atom is -0.377 e. The van der Waals surface area contributed by atoms with Crippen LogP contribution in [-0.2, 0) is 20.7 Å². The summed E-state index contributed by atoms with van der Waals surface area (Å²) in [5.74, 6) is -1.29. The van der Waals surface area contributed by atoms with Crippen molar-refractivity contribution in [2.24, 2.45) is 5.41 Å². The Labute approximate surface area is 166 Å². The molecule has 3 aliphatic heterocycles. The molecule has 0 radical (unpaired) electrons. The summed E-state index contributed by atoms with van der Waals surface area (Å²) in [6, 6.07) is 3.09. The van der Waals surface area contributed by atoms with E-state index in [1.54, 1.807) is 26.8 Å². The van der Waals surface area contributed by atoms with Crippen molar-refractivity contribution in [2.75, 3.05) is 24.7 Å². The van der Waals surface area contributed by atoms with E-state index in [0.29, 0.717) is 18.7 Å². The standard InChI is InChI=1S/C19H22N4O6/c1-18(2,3)22-16(25)19(15(24)20-17(22)26)9-11-8-12(23(27)28)4-5-13(11)21-6-7-29-10-14(19)21/h4-5,8,14H,6-7,9-10H2,1-3H3,(H,20,24,26)/t14-,19+/m1/s1. The van der Waals surface area contributed by atoms with Gasteiger partial charge in [-0.1, -0.05) is 0 Å². The topological polar surface area (TPSA) is 122 Å². The Morgan fingerprint density at radius 2 is 2.00 bits per heavy atom. The van der Waals surface area contributed by atoms with Crippen LogP contribution in [0.1, 0.15) is 26.3 Å². The van der Waals surface area contributed by atoms with Gasteiger partial charge in [0.2, 0.25) is 11.8 Å². The summed E-state index contributed by atoms with van der Waals surface area (Å²) >= 11 is 0. The molecule has 2 saturated heterocycles. The summed E-state index contributed by atoms with van der Waals surface area (Å²) < 4.78 is 5.60. The monoisotopic (exact) mass is 402 g/mol. The first-order valence-electron chi connectivity index (χ1n) is 9.39. The maximum absolute atomic E-state index is 13.7. The van der Waals surface area contributed by atoms with Crippen molar-refractivity contribution in [3.63, 3.8) is 0 Å². The molecule has 4 amide bonds. The van der Waals surface area contributed by atoms with Crippen LogP contribution in [0.25, 0.3) is 0 Å². The molecular formula is C19H22N4O6. The number of ether oxygens (including phenoxy) is 1. The third kappa shape index (κ3) is 2.70. The highest BCUT2D eigenvalue weighted by atomic mass is 16.6. The predicted molar refractivity (Wildman–Crippen MR) is 101 cm³/mol. The minimum atomic E-state index is -1.61. The zero-order valence-corrected chi connectivity index (χ0v) is 16.4. The van der Waals surface area contributed by atoms with Crippen LogP contribution in [0.2, 0.25) is 0 Å². The Balaban J connectivity index is 1.90. The number of urea groups is 1. The summed E-state index contributed by atoms with van der Waals surface area (Å²) in [5, 5.41) is 13.6. The average molecular weight is 402 g/mol. The minimum absolute atomic E-state index is 0.0426. The summed E-state index contributed by atoms with van der Waals surface area (Å²) in [7, 11) is 0. The lowest BCUT2D eigenvalue weighted by molar-refractivity contribution is -0.384. The van der Waals surface area contributed by atoms with Crippen LogP contribution < -0.4 is 10.2 Å². The zero-order chi connectivity index (χ0) is 21.1. The highest BCUT2D eigenvalue weighted by Crippen LogP contribution is 2.47. The van der Waals surface area contributed by atoms with E-state index in [1.165, 1.54) is 12.1 Å². The molecule has 0 aliphatic carbocycles. The third-order valence-corrected chi connectivity index (χ3v) is 5.83. The first kappa shape index (κ1) is 19.3. The van der Waals surface area contributed by atoms with Gasteiger partial charge in [0.15, 0.2) is 5.41 Å². The van der Waals surface area contributed by atoms with Gasteiger partial charge in [0.25, 0.3) is 5.69 Å². The lowest BCUT2D eigenvalue weighted by atomic mass is 9.67. The second kappa shape index (κ2) is 6.24. The molecule has 4 rings (SSSR count). The number of carbonyl (C=O) groups excluding carboxylic acids is 3. The summed E-state index contributed by atoms with van der Waals surface area (Å²) in [6.45, 7) is 6.12. The highest BCUT2D eigenvalue weighted by molar-refractivity contribution is 6.20. The van der Waals surface area contributed by atoms with Crippen molar-refractivity contribution in [3.8, 4) is 0 Å². The van der Waals surface area contributed by atoms with Crippen molar-refractivity contribution in [2.45, 2.75) is 38.8 Å². The molecule has 0 aromatic heterocycles. The number of morpholine rings is 1. The number of imide groups is 2. The molecule has 1 N–H and O–H groups in total. The van der Waals surface area contributed by atoms with Gasteiger partial charge in [-0.05, 0) is 32.4 Å². The molecule has 29 heavy (non-hydrogen) atoms. The zero-order valence-electron chi connectivity index (χ0n) is 16.4. The van der Waals surface area contributed by atoms with Crippen LogP contribution in [-0.4, -0.2) is 59.0 Å². The van der Waals surface area contributed by atoms with E-state index < -0.39 is 39.8 Å². The Bertz CT molecular complexity index is 939. The molecular weight excluding hydrogens is 380 g/mol. The Morgan fingerprint density at radius 1 is 1.28 bits per heavy atom. The van der Waals surface area contributed by atoms with Crippen LogP contribution >= 0.6 is 0 Å². The predicted octanol–water partition coefficient (Wildman–Crippen LogP) is 1.22. The van der Waals surface area contributed by atoms with Gasteiger partial charge in [0.05, 0.1) is 24.2 Å². The molecule has 1 spiro atoms. The lowest BCUT2D eigenvalue weighted by Gasteiger charge is -2.54. The normalized spacial score (nSPS) is 26.9. The Kier molecular flexibility index (Phi) is 4.16. The second-order valence-corrected chi connectivity index (χ2v) is 8.57. The van der Waals surface area contributed by atoms with Crippen molar-refractivity contribution in [1.82, 2.24) is 10.2 Å². The van der Waals surface area contributed by atoms with E-state index in [0.717, 1.165) is 10.6 Å². The number of anilines is 1. The number of amides is 4. The number of hydrogen-bond acceptors (Lipinski definition) is 7. The molecule has 154 valence electrons. The summed E-state index contributed by atoms with van der Waals surface area (Å²) in [4.78, 5) is 53.0. The van der Waals surface area contributed by atoms with E-state index in [9.17, 15) is 24.5 Å². The molecule has 0 unspecified atom stereocenters. The summed E-state index contributed by atoms with van der Waals surface area (Å²) in [6.07, 6.45) is -0.0426. The molecule has 2 atom stereocenters. The number of nitro groups is 1. The molecule has 0 saturated carbocycles. The van der Waals surface area contributed by atoms with E-state index >= 15 is 0 Å². The van der Waals surface area contributed by atoms with Crippen molar-refractivity contribution in [1.29, 1.82) is 0 Å². The van der Waals surface area contributed by atoms with E-state index in [4.69, 9.17) is 4.74 Å². The number of rotatable bonds is 1. The first-order valence-corrected chi connectivity index (χ1v) is 9.39. The number of carbonyl (C=O) groups is 3. The number of barbiturate groups is 1. The van der Waals surface area contributed by atoms with Gasteiger partial charge in [-0.25, -0.2) is 4.79 Å². The van der Waals surface area contributed by atoms with Crippen LogP contribution in [0.3, 0.4) is 0 Å². The van der Waals surface area contributed by atoms with E-state index in [1.807, 2.05) is 4.90 Å². The van der Waals surface area contributed by atoms with Gasteiger partial charge in [0.1, 0.15) is 0 Å². The number of fused-ring (bicyclic) bond motifs is 4. The van der Waals surface area contributed by atoms with E-state index in [2.05, 4.69) is 5.32 Å². The van der Waals surface area contributed by atoms with Crippen LogP contribution in [0.15, 0.2) is 18.2 Å². The molecule has 2 fully saturated rings. The van der Waals surface area contributed by atoms with Crippen LogP contribution in [0.4, 0.5) is 16.2 Å². The van der Waals surface area contributed by atoms with Crippen LogP contribution in [0.5, 0.6) is 0 Å². The van der Waals surface area contributed by atoms with Gasteiger partial charge in [-0.3, -0.25) is 29.9 Å². The molecule has 3 heterocycles. The largest absolute Gasteiger partial charge is 0.377 e. The molecule has 3 aliphatic rings. The van der Waals surface area contributed by atoms with Crippen LogP contribution in [0, 0.1) is 15.5 Å². The number of nitro benzene ring substituents is 1. The number of nitrogens with one attached hydrogen (secondary N) is 1. The Morgan fingerprint density at radius 3 is 2.66 bits per heavy atom. The fourth-order valence-electron chi connectivity index (χ4n) is 4.54. The smallest absolute Gasteiger partial charge is 0.331 e. The molecule has 0 bridgehead atoms. The fraction of sp³-hybridized carbons (Fsp3) is 0.526. The number of hydrogen-bond donors (Lipinski definition) is 1. The van der Waals surface area contributed by atoms with Gasteiger partial charge < -0.3 is 9.64 Å². The Hall–Kier alpha value is -3.01. The summed E-state index contributed by atoms with van der Waals surface area (Å²) in [5.41, 5.74) is -1.29. The van der Waals surface area contributed by atoms with Crippen molar-refractivity contribution < 1.29 is 24.0 Å². The van der Waals surface area contributed by atoms with Gasteiger partial charge >= 0.3 is 6.03 Å². The lowest BCUT2D eigenvalue weighted by Crippen LogP contribution is -2.75. The molecule has 10 nitrogen and oxygen atoms in total. The fourth-order valence-corrected chi connectivity index (χ4v) is 4.54. The number of nitrogens with zero attached hydrogens (tertiary/aromatic N) is 3. The molecule has 1 aromatic carbocycles.